The summed E-state index contributed by atoms with van der Waals surface area (Å²) < 4.78 is 7.79. The van der Waals surface area contributed by atoms with Crippen molar-refractivity contribution in [2.45, 2.75) is 26.2 Å². The lowest BCUT2D eigenvalue weighted by atomic mass is 9.88. The van der Waals surface area contributed by atoms with Gasteiger partial charge in [0.1, 0.15) is 11.6 Å². The highest BCUT2D eigenvalue weighted by molar-refractivity contribution is 6.10. The normalized spacial score (nSPS) is 11.9. The van der Waals surface area contributed by atoms with Gasteiger partial charge in [-0.1, -0.05) is 57.2 Å². The van der Waals surface area contributed by atoms with E-state index in [9.17, 15) is 0 Å². The highest BCUT2D eigenvalue weighted by Crippen LogP contribution is 2.36. The van der Waals surface area contributed by atoms with Gasteiger partial charge < -0.3 is 4.74 Å². The number of hydrogen-bond acceptors (Lipinski definition) is 2. The van der Waals surface area contributed by atoms with Crippen LogP contribution in [0.2, 0.25) is 0 Å². The molecule has 0 aliphatic rings. The van der Waals surface area contributed by atoms with Crippen LogP contribution in [-0.4, -0.2) is 16.7 Å². The Labute approximate surface area is 182 Å². The number of rotatable bonds is 3. The molecular weight excluding hydrogens is 380 g/mol. The Bertz CT molecular complexity index is 1390. The van der Waals surface area contributed by atoms with Gasteiger partial charge in [-0.2, -0.15) is 0 Å². The van der Waals surface area contributed by atoms with Crippen molar-refractivity contribution in [3.05, 3.63) is 90.6 Å². The molecule has 0 atom stereocenters. The summed E-state index contributed by atoms with van der Waals surface area (Å²) >= 11 is 0. The molecule has 0 N–H and O–H groups in total. The second-order valence-electron chi connectivity index (χ2n) is 8.97. The Morgan fingerprint density at radius 3 is 2.29 bits per heavy atom. The fourth-order valence-electron chi connectivity index (χ4n) is 4.19. The molecule has 0 fully saturated rings. The van der Waals surface area contributed by atoms with Crippen molar-refractivity contribution < 1.29 is 4.74 Å². The topological polar surface area (TPSA) is 27.1 Å². The molecule has 0 unspecified atom stereocenters. The second kappa shape index (κ2) is 7.28. The maximum atomic E-state index is 5.55. The standard InChI is InChI=1S/C28H26N2O/c1-28(2,3)21-14-15-29-27(17-21)30-25-13-10-20(19-8-6-5-7-9-19)16-24(25)23-12-11-22(31-4)18-26(23)30/h5-18H,1-4H3. The fourth-order valence-corrected chi connectivity index (χ4v) is 4.19. The van der Waals surface area contributed by atoms with Crippen LogP contribution in [-0.2, 0) is 5.41 Å². The summed E-state index contributed by atoms with van der Waals surface area (Å²) in [5.74, 6) is 1.76. The number of nitrogens with zero attached hydrogens (tertiary/aromatic N) is 2. The Kier molecular flexibility index (Phi) is 4.55. The van der Waals surface area contributed by atoms with Crippen LogP contribution in [0.15, 0.2) is 85.1 Å². The van der Waals surface area contributed by atoms with Crippen LogP contribution in [0.3, 0.4) is 0 Å². The molecule has 31 heavy (non-hydrogen) atoms. The van der Waals surface area contributed by atoms with E-state index in [1.54, 1.807) is 7.11 Å². The lowest BCUT2D eigenvalue weighted by molar-refractivity contribution is 0.415. The molecule has 0 spiro atoms. The maximum Gasteiger partial charge on any atom is 0.137 e. The van der Waals surface area contributed by atoms with Crippen molar-refractivity contribution in [3.8, 4) is 22.7 Å². The molecule has 0 saturated carbocycles. The summed E-state index contributed by atoms with van der Waals surface area (Å²) in [5.41, 5.74) is 5.97. The summed E-state index contributed by atoms with van der Waals surface area (Å²) in [6.07, 6.45) is 1.91. The molecule has 3 heteroatoms. The number of fused-ring (bicyclic) bond motifs is 3. The molecule has 0 saturated heterocycles. The van der Waals surface area contributed by atoms with Crippen LogP contribution in [0.5, 0.6) is 5.75 Å². The van der Waals surface area contributed by atoms with Crippen LogP contribution in [0, 0.1) is 0 Å². The molecule has 0 aliphatic heterocycles. The number of pyridine rings is 1. The molecule has 0 aliphatic carbocycles. The van der Waals surface area contributed by atoms with Crippen LogP contribution in [0.1, 0.15) is 26.3 Å². The molecule has 0 radical (unpaired) electrons. The largest absolute Gasteiger partial charge is 0.497 e. The van der Waals surface area contributed by atoms with Gasteiger partial charge in [0.05, 0.1) is 18.1 Å². The van der Waals surface area contributed by atoms with Gasteiger partial charge in [-0.3, -0.25) is 4.57 Å². The minimum absolute atomic E-state index is 0.0502. The van der Waals surface area contributed by atoms with Gasteiger partial charge in [0.25, 0.3) is 0 Å². The van der Waals surface area contributed by atoms with Gasteiger partial charge in [0, 0.05) is 23.0 Å². The van der Waals surface area contributed by atoms with Gasteiger partial charge in [0.2, 0.25) is 0 Å². The molecule has 0 amide bonds. The molecule has 3 nitrogen and oxygen atoms in total. The highest BCUT2D eigenvalue weighted by Gasteiger charge is 2.18. The monoisotopic (exact) mass is 406 g/mol. The smallest absolute Gasteiger partial charge is 0.137 e. The first-order valence-corrected chi connectivity index (χ1v) is 10.6. The third-order valence-corrected chi connectivity index (χ3v) is 5.92. The van der Waals surface area contributed by atoms with Crippen LogP contribution < -0.4 is 4.74 Å². The van der Waals surface area contributed by atoms with Gasteiger partial charge in [-0.25, -0.2) is 4.98 Å². The molecule has 2 aromatic heterocycles. The number of hydrogen-bond donors (Lipinski definition) is 0. The van der Waals surface area contributed by atoms with Crippen molar-refractivity contribution in [3.63, 3.8) is 0 Å². The third kappa shape index (κ3) is 3.36. The predicted octanol–water partition coefficient (Wildman–Crippen LogP) is 7.15. The van der Waals surface area contributed by atoms with E-state index >= 15 is 0 Å². The van der Waals surface area contributed by atoms with Crippen LogP contribution in [0.25, 0.3) is 38.8 Å². The average Bonchev–Trinajstić information content (AvgIpc) is 3.12. The highest BCUT2D eigenvalue weighted by atomic mass is 16.5. The molecule has 5 rings (SSSR count). The van der Waals surface area contributed by atoms with Gasteiger partial charge in [-0.05, 0) is 58.5 Å². The average molecular weight is 407 g/mol. The summed E-state index contributed by atoms with van der Waals surface area (Å²) in [6.45, 7) is 6.69. The molecule has 154 valence electrons. The van der Waals surface area contributed by atoms with Gasteiger partial charge in [0.15, 0.2) is 0 Å². The van der Waals surface area contributed by atoms with E-state index in [1.165, 1.54) is 27.5 Å². The van der Waals surface area contributed by atoms with E-state index in [2.05, 4.69) is 92.1 Å². The molecule has 2 heterocycles. The Morgan fingerprint density at radius 1 is 0.742 bits per heavy atom. The van der Waals surface area contributed by atoms with E-state index in [0.29, 0.717) is 0 Å². The Balaban J connectivity index is 1.82. The van der Waals surface area contributed by atoms with E-state index in [1.807, 2.05) is 18.3 Å². The molecule has 3 aromatic carbocycles. The first kappa shape index (κ1) is 19.4. The van der Waals surface area contributed by atoms with E-state index < -0.39 is 0 Å². The van der Waals surface area contributed by atoms with Crippen LogP contribution >= 0.6 is 0 Å². The summed E-state index contributed by atoms with van der Waals surface area (Å²) in [5, 5.41) is 2.40. The number of aromatic nitrogens is 2. The molecular formula is C28H26N2O. The summed E-state index contributed by atoms with van der Waals surface area (Å²) in [6, 6.07) is 27.8. The molecule has 0 bridgehead atoms. The maximum absolute atomic E-state index is 5.55. The first-order valence-electron chi connectivity index (χ1n) is 10.6. The van der Waals surface area contributed by atoms with Crippen molar-refractivity contribution in [2.24, 2.45) is 0 Å². The van der Waals surface area contributed by atoms with Crippen LogP contribution in [0.4, 0.5) is 0 Å². The van der Waals surface area contributed by atoms with Crippen molar-refractivity contribution in [1.82, 2.24) is 9.55 Å². The Hall–Kier alpha value is -3.59. The summed E-state index contributed by atoms with van der Waals surface area (Å²) in [7, 11) is 1.71. The quantitative estimate of drug-likeness (QED) is 0.318. The number of benzene rings is 3. The minimum Gasteiger partial charge on any atom is -0.497 e. The lowest BCUT2D eigenvalue weighted by Gasteiger charge is -2.20. The lowest BCUT2D eigenvalue weighted by Crippen LogP contribution is -2.12. The predicted molar refractivity (Wildman–Crippen MR) is 129 cm³/mol. The minimum atomic E-state index is 0.0502. The zero-order chi connectivity index (χ0) is 21.6. The van der Waals surface area contributed by atoms with E-state index in [0.717, 1.165) is 22.6 Å². The van der Waals surface area contributed by atoms with Gasteiger partial charge >= 0.3 is 0 Å². The van der Waals surface area contributed by atoms with Gasteiger partial charge in [-0.15, -0.1) is 0 Å². The van der Waals surface area contributed by atoms with Crippen molar-refractivity contribution >= 4 is 21.8 Å². The zero-order valence-corrected chi connectivity index (χ0v) is 18.4. The zero-order valence-electron chi connectivity index (χ0n) is 18.4. The summed E-state index contributed by atoms with van der Waals surface area (Å²) in [4.78, 5) is 4.75. The fraction of sp³-hybridized carbons (Fsp3) is 0.179. The first-order chi connectivity index (χ1) is 15.0. The number of methoxy groups -OCH3 is 1. The molecule has 5 aromatic rings. The third-order valence-electron chi connectivity index (χ3n) is 5.92. The van der Waals surface area contributed by atoms with E-state index in [4.69, 9.17) is 9.72 Å². The van der Waals surface area contributed by atoms with Crippen molar-refractivity contribution in [2.75, 3.05) is 7.11 Å². The Morgan fingerprint density at radius 2 is 1.55 bits per heavy atom. The number of ether oxygens (including phenoxy) is 1. The van der Waals surface area contributed by atoms with E-state index in [-0.39, 0.29) is 5.41 Å². The SMILES string of the molecule is COc1ccc2c3cc(-c4ccccc4)ccc3n(-c3cc(C(C)(C)C)ccn3)c2c1. The second-order valence-corrected chi connectivity index (χ2v) is 8.97. The van der Waals surface area contributed by atoms with Crippen molar-refractivity contribution in [1.29, 1.82) is 0 Å².